The average Bonchev–Trinajstić information content (AvgIpc) is 2.84. The van der Waals surface area contributed by atoms with Gasteiger partial charge in [-0.25, -0.2) is 0 Å². The molecule has 0 bridgehead atoms. The minimum Gasteiger partial charge on any atom is -0.399 e. The van der Waals surface area contributed by atoms with E-state index < -0.39 is 0 Å². The van der Waals surface area contributed by atoms with Crippen molar-refractivity contribution in [2.45, 2.75) is 63.2 Å². The number of likely N-dealkylation sites (N-methyl/N-ethyl adjacent to an activating group) is 1. The zero-order valence-electron chi connectivity index (χ0n) is 13.2. The first kappa shape index (κ1) is 14.9. The third-order valence-electron chi connectivity index (χ3n) is 5.05. The molecular weight excluding hydrogens is 260 g/mol. The van der Waals surface area contributed by atoms with Gasteiger partial charge in [0.05, 0.1) is 11.7 Å². The number of nitrogens with zero attached hydrogens (tertiary/aromatic N) is 1. The Bertz CT molecular complexity index is 451. The van der Waals surface area contributed by atoms with E-state index in [1.165, 1.54) is 50.5 Å². The van der Waals surface area contributed by atoms with Gasteiger partial charge in [0.25, 0.3) is 0 Å². The Morgan fingerprint density at radius 3 is 2.57 bits per heavy atom. The molecule has 2 aliphatic rings. The van der Waals surface area contributed by atoms with E-state index in [4.69, 9.17) is 10.5 Å². The number of nitrogens with two attached hydrogens (primary N) is 1. The van der Waals surface area contributed by atoms with E-state index >= 15 is 0 Å². The Morgan fingerprint density at radius 2 is 1.86 bits per heavy atom. The van der Waals surface area contributed by atoms with Crippen LogP contribution in [0.2, 0.25) is 0 Å². The van der Waals surface area contributed by atoms with Crippen molar-refractivity contribution in [1.29, 1.82) is 0 Å². The van der Waals surface area contributed by atoms with Crippen molar-refractivity contribution in [2.24, 2.45) is 0 Å². The zero-order valence-corrected chi connectivity index (χ0v) is 13.2. The molecule has 2 fully saturated rings. The van der Waals surface area contributed by atoms with Gasteiger partial charge in [0.2, 0.25) is 0 Å². The molecule has 1 aromatic carbocycles. The first-order valence-electron chi connectivity index (χ1n) is 8.36. The molecular formula is C18H28N2O. The maximum Gasteiger partial charge on any atom is 0.0710 e. The van der Waals surface area contributed by atoms with Gasteiger partial charge < -0.3 is 10.5 Å². The van der Waals surface area contributed by atoms with Crippen molar-refractivity contribution in [3.8, 4) is 0 Å². The number of anilines is 1. The molecule has 21 heavy (non-hydrogen) atoms. The lowest BCUT2D eigenvalue weighted by molar-refractivity contribution is -0.0706. The van der Waals surface area contributed by atoms with Gasteiger partial charge in [0, 0.05) is 18.8 Å². The summed E-state index contributed by atoms with van der Waals surface area (Å²) in [6.45, 7) is 2.00. The largest absolute Gasteiger partial charge is 0.399 e. The van der Waals surface area contributed by atoms with E-state index in [0.717, 1.165) is 18.8 Å². The van der Waals surface area contributed by atoms with Gasteiger partial charge in [-0.1, -0.05) is 31.4 Å². The van der Waals surface area contributed by atoms with Crippen molar-refractivity contribution < 1.29 is 4.74 Å². The number of ether oxygens (including phenoxy) is 1. The summed E-state index contributed by atoms with van der Waals surface area (Å²) in [6, 6.07) is 8.19. The number of nitrogen functional groups attached to an aromatic ring is 1. The minimum atomic E-state index is 0.241. The van der Waals surface area contributed by atoms with Crippen molar-refractivity contribution in [3.63, 3.8) is 0 Å². The van der Waals surface area contributed by atoms with E-state index in [0.29, 0.717) is 6.10 Å². The van der Waals surface area contributed by atoms with Gasteiger partial charge in [0.15, 0.2) is 0 Å². The lowest BCUT2D eigenvalue weighted by Crippen LogP contribution is -2.35. The smallest absolute Gasteiger partial charge is 0.0710 e. The SMILES string of the molecule is CN(Cc1ccc(N)cc1)CC1CCC2(CCCCC2)O1. The summed E-state index contributed by atoms with van der Waals surface area (Å²) in [7, 11) is 2.19. The summed E-state index contributed by atoms with van der Waals surface area (Å²) in [5.74, 6) is 0. The predicted molar refractivity (Wildman–Crippen MR) is 87.1 cm³/mol. The van der Waals surface area contributed by atoms with Crippen LogP contribution < -0.4 is 5.73 Å². The quantitative estimate of drug-likeness (QED) is 0.861. The molecule has 3 nitrogen and oxygen atoms in total. The van der Waals surface area contributed by atoms with Crippen LogP contribution in [0.15, 0.2) is 24.3 Å². The van der Waals surface area contributed by atoms with Gasteiger partial charge in [-0.15, -0.1) is 0 Å². The van der Waals surface area contributed by atoms with Crippen LogP contribution >= 0.6 is 0 Å². The van der Waals surface area contributed by atoms with Crippen LogP contribution in [0.3, 0.4) is 0 Å². The van der Waals surface area contributed by atoms with Crippen molar-refractivity contribution in [1.82, 2.24) is 4.90 Å². The number of rotatable bonds is 4. The first-order chi connectivity index (χ1) is 10.2. The van der Waals surface area contributed by atoms with Crippen LogP contribution in [0.4, 0.5) is 5.69 Å². The summed E-state index contributed by atoms with van der Waals surface area (Å²) in [5, 5.41) is 0. The van der Waals surface area contributed by atoms with E-state index in [2.05, 4.69) is 24.1 Å². The van der Waals surface area contributed by atoms with Crippen LogP contribution in [0, 0.1) is 0 Å². The Balaban J connectivity index is 1.49. The summed E-state index contributed by atoms with van der Waals surface area (Å²) < 4.78 is 6.46. The van der Waals surface area contributed by atoms with E-state index in [1.807, 2.05) is 12.1 Å². The molecule has 2 N–H and O–H groups in total. The highest BCUT2D eigenvalue weighted by Crippen LogP contribution is 2.41. The Labute approximate surface area is 128 Å². The molecule has 0 amide bonds. The van der Waals surface area contributed by atoms with Gasteiger partial charge in [0.1, 0.15) is 0 Å². The van der Waals surface area contributed by atoms with E-state index in [-0.39, 0.29) is 5.60 Å². The first-order valence-corrected chi connectivity index (χ1v) is 8.36. The number of hydrogen-bond acceptors (Lipinski definition) is 3. The van der Waals surface area contributed by atoms with Gasteiger partial charge >= 0.3 is 0 Å². The second-order valence-electron chi connectivity index (χ2n) is 6.96. The molecule has 116 valence electrons. The molecule has 1 aromatic rings. The third-order valence-corrected chi connectivity index (χ3v) is 5.05. The summed E-state index contributed by atoms with van der Waals surface area (Å²) >= 11 is 0. The number of benzene rings is 1. The molecule has 1 atom stereocenters. The topological polar surface area (TPSA) is 38.5 Å². The van der Waals surface area contributed by atoms with Crippen molar-refractivity contribution >= 4 is 5.69 Å². The Kier molecular flexibility index (Phi) is 4.51. The maximum absolute atomic E-state index is 6.46. The highest BCUT2D eigenvalue weighted by Gasteiger charge is 2.40. The molecule has 1 aliphatic carbocycles. The van der Waals surface area contributed by atoms with Crippen LogP contribution in [0.1, 0.15) is 50.5 Å². The fraction of sp³-hybridized carbons (Fsp3) is 0.667. The van der Waals surface area contributed by atoms with Gasteiger partial charge in [-0.05, 0) is 50.4 Å². The second kappa shape index (κ2) is 6.37. The zero-order chi connectivity index (χ0) is 14.7. The Morgan fingerprint density at radius 1 is 1.14 bits per heavy atom. The highest BCUT2D eigenvalue weighted by molar-refractivity contribution is 5.39. The highest BCUT2D eigenvalue weighted by atomic mass is 16.5. The lowest BCUT2D eigenvalue weighted by atomic mass is 9.83. The van der Waals surface area contributed by atoms with Crippen LogP contribution in [-0.4, -0.2) is 30.2 Å². The normalized spacial score (nSPS) is 24.8. The van der Waals surface area contributed by atoms with Crippen LogP contribution in [0.25, 0.3) is 0 Å². The fourth-order valence-corrected chi connectivity index (χ4v) is 3.93. The summed E-state index contributed by atoms with van der Waals surface area (Å²) in [5.41, 5.74) is 8.13. The summed E-state index contributed by atoms with van der Waals surface area (Å²) in [4.78, 5) is 2.37. The predicted octanol–water partition coefficient (Wildman–Crippen LogP) is 3.58. The van der Waals surface area contributed by atoms with E-state index in [1.54, 1.807) is 0 Å². The monoisotopic (exact) mass is 288 g/mol. The van der Waals surface area contributed by atoms with E-state index in [9.17, 15) is 0 Å². The lowest BCUT2D eigenvalue weighted by Gasteiger charge is -2.34. The molecule has 1 saturated carbocycles. The Hall–Kier alpha value is -1.06. The molecule has 1 heterocycles. The standard InChI is InChI=1S/C18H28N2O/c1-20(13-15-5-7-16(19)8-6-15)14-17-9-12-18(21-17)10-3-2-4-11-18/h5-8,17H,2-4,9-14,19H2,1H3. The third kappa shape index (κ3) is 3.78. The molecule has 0 aromatic heterocycles. The van der Waals surface area contributed by atoms with Crippen molar-refractivity contribution in [2.75, 3.05) is 19.3 Å². The van der Waals surface area contributed by atoms with Gasteiger partial charge in [-0.2, -0.15) is 0 Å². The molecule has 0 radical (unpaired) electrons. The molecule has 3 heteroatoms. The minimum absolute atomic E-state index is 0.241. The maximum atomic E-state index is 6.46. The molecule has 3 rings (SSSR count). The molecule has 1 unspecified atom stereocenters. The van der Waals surface area contributed by atoms with Crippen LogP contribution in [-0.2, 0) is 11.3 Å². The second-order valence-corrected chi connectivity index (χ2v) is 6.96. The van der Waals surface area contributed by atoms with Crippen LogP contribution in [0.5, 0.6) is 0 Å². The molecule has 1 spiro atoms. The fourth-order valence-electron chi connectivity index (χ4n) is 3.93. The van der Waals surface area contributed by atoms with Gasteiger partial charge in [-0.3, -0.25) is 4.90 Å². The molecule has 1 aliphatic heterocycles. The van der Waals surface area contributed by atoms with Crippen molar-refractivity contribution in [3.05, 3.63) is 29.8 Å². The molecule has 1 saturated heterocycles. The summed E-state index contributed by atoms with van der Waals surface area (Å²) in [6.07, 6.45) is 9.59. The number of hydrogen-bond donors (Lipinski definition) is 1. The average molecular weight is 288 g/mol.